The number of aliphatic hydroxyl groups is 1. The number of piperidine rings is 1. The average Bonchev–Trinajstić information content (AvgIpc) is 2.98. The van der Waals surface area contributed by atoms with Crippen molar-refractivity contribution in [1.29, 1.82) is 0 Å². The minimum Gasteiger partial charge on any atom is -0.390 e. The number of rotatable bonds is 6. The number of β-amino-alcohol motifs (C(OH)–C–C–N with tert-alkyl or cyclic N) is 1. The third-order valence-electron chi connectivity index (χ3n) is 4.66. The molecule has 24 heavy (non-hydrogen) atoms. The molecule has 1 aromatic carbocycles. The van der Waals surface area contributed by atoms with Gasteiger partial charge in [0, 0.05) is 18.5 Å². The first-order chi connectivity index (χ1) is 11.6. The Kier molecular flexibility index (Phi) is 5.48. The maximum Gasteiger partial charge on any atom is 0.226 e. The van der Waals surface area contributed by atoms with Gasteiger partial charge in [0.2, 0.25) is 5.91 Å². The van der Waals surface area contributed by atoms with Crippen molar-refractivity contribution in [2.24, 2.45) is 5.92 Å². The van der Waals surface area contributed by atoms with E-state index in [1.165, 1.54) is 12.8 Å². The summed E-state index contributed by atoms with van der Waals surface area (Å²) >= 11 is 0. The first kappa shape index (κ1) is 16.9. The van der Waals surface area contributed by atoms with Crippen LogP contribution in [0, 0.1) is 5.92 Å². The lowest BCUT2D eigenvalue weighted by molar-refractivity contribution is -0.121. The van der Waals surface area contributed by atoms with E-state index >= 15 is 0 Å². The van der Waals surface area contributed by atoms with Gasteiger partial charge in [-0.2, -0.15) is 0 Å². The molecular formula is C18H25N3O3. The van der Waals surface area contributed by atoms with Crippen LogP contribution in [0.5, 0.6) is 0 Å². The summed E-state index contributed by atoms with van der Waals surface area (Å²) in [5.41, 5.74) is 1.31. The predicted octanol–water partition coefficient (Wildman–Crippen LogP) is 1.58. The van der Waals surface area contributed by atoms with E-state index in [1.54, 1.807) is 0 Å². The molecule has 1 aliphatic heterocycles. The van der Waals surface area contributed by atoms with Crippen molar-refractivity contribution in [1.82, 2.24) is 15.4 Å². The number of carbonyl (C=O) groups is 1. The van der Waals surface area contributed by atoms with Crippen molar-refractivity contribution in [2.75, 3.05) is 26.2 Å². The zero-order valence-electron chi connectivity index (χ0n) is 14.1. The number of aromatic nitrogens is 1. The minimum atomic E-state index is -0.545. The third-order valence-corrected chi connectivity index (χ3v) is 4.66. The number of hydrogen-bond acceptors (Lipinski definition) is 5. The number of nitrogens with zero attached hydrogens (tertiary/aromatic N) is 2. The summed E-state index contributed by atoms with van der Waals surface area (Å²) in [4.78, 5) is 14.3. The standard InChI is InChI=1S/C18H25N3O3/c1-13-6-8-21(9-7-13)12-14(22)11-19-18(23)10-16-15-4-2-3-5-17(15)24-20-16/h2-5,13-14,22H,6-12H2,1H3,(H,19,23). The molecule has 1 atom stereocenters. The monoisotopic (exact) mass is 331 g/mol. The van der Waals surface area contributed by atoms with Crippen LogP contribution in [-0.2, 0) is 11.2 Å². The van der Waals surface area contributed by atoms with Crippen LogP contribution in [0.3, 0.4) is 0 Å². The minimum absolute atomic E-state index is 0.152. The molecule has 0 saturated carbocycles. The highest BCUT2D eigenvalue weighted by Crippen LogP contribution is 2.18. The molecule has 130 valence electrons. The Morgan fingerprint density at radius 2 is 2.17 bits per heavy atom. The third kappa shape index (κ3) is 4.33. The molecule has 0 radical (unpaired) electrons. The van der Waals surface area contributed by atoms with E-state index in [0.717, 1.165) is 24.4 Å². The fourth-order valence-electron chi connectivity index (χ4n) is 3.12. The molecule has 1 aromatic heterocycles. The highest BCUT2D eigenvalue weighted by molar-refractivity contribution is 5.86. The summed E-state index contributed by atoms with van der Waals surface area (Å²) in [7, 11) is 0. The first-order valence-corrected chi connectivity index (χ1v) is 8.62. The molecule has 0 bridgehead atoms. The highest BCUT2D eigenvalue weighted by atomic mass is 16.5. The van der Waals surface area contributed by atoms with Crippen molar-refractivity contribution in [3.05, 3.63) is 30.0 Å². The molecule has 2 heterocycles. The second-order valence-corrected chi connectivity index (χ2v) is 6.74. The Morgan fingerprint density at radius 1 is 1.42 bits per heavy atom. The maximum absolute atomic E-state index is 12.1. The number of amides is 1. The predicted molar refractivity (Wildman–Crippen MR) is 91.6 cm³/mol. The molecule has 1 fully saturated rings. The van der Waals surface area contributed by atoms with Crippen LogP contribution in [0.15, 0.2) is 28.8 Å². The van der Waals surface area contributed by atoms with Gasteiger partial charge in [0.25, 0.3) is 0 Å². The number of carbonyl (C=O) groups excluding carboxylic acids is 1. The lowest BCUT2D eigenvalue weighted by Crippen LogP contribution is -2.43. The van der Waals surface area contributed by atoms with Gasteiger partial charge in [-0.05, 0) is 44.0 Å². The molecular weight excluding hydrogens is 306 g/mol. The summed E-state index contributed by atoms with van der Waals surface area (Å²) in [6.07, 6.45) is 1.97. The Hall–Kier alpha value is -1.92. The topological polar surface area (TPSA) is 78.6 Å². The van der Waals surface area contributed by atoms with E-state index < -0.39 is 6.10 Å². The second-order valence-electron chi connectivity index (χ2n) is 6.74. The van der Waals surface area contributed by atoms with Crippen LogP contribution in [0.2, 0.25) is 0 Å². The van der Waals surface area contributed by atoms with Crippen LogP contribution in [0.1, 0.15) is 25.5 Å². The quantitative estimate of drug-likeness (QED) is 0.840. The summed E-state index contributed by atoms with van der Waals surface area (Å²) in [6, 6.07) is 7.48. The number of aliphatic hydroxyl groups excluding tert-OH is 1. The number of para-hydroxylation sites is 1. The van der Waals surface area contributed by atoms with Gasteiger partial charge in [-0.25, -0.2) is 0 Å². The molecule has 0 spiro atoms. The van der Waals surface area contributed by atoms with Crippen LogP contribution >= 0.6 is 0 Å². The second kappa shape index (κ2) is 7.77. The van der Waals surface area contributed by atoms with Crippen LogP contribution in [0.25, 0.3) is 11.0 Å². The van der Waals surface area contributed by atoms with Crippen molar-refractivity contribution in [3.8, 4) is 0 Å². The summed E-state index contributed by atoms with van der Waals surface area (Å²) in [6.45, 7) is 5.19. The molecule has 0 aliphatic carbocycles. The smallest absolute Gasteiger partial charge is 0.226 e. The normalized spacial score (nSPS) is 17.9. The van der Waals surface area contributed by atoms with E-state index in [2.05, 4.69) is 22.3 Å². The zero-order valence-corrected chi connectivity index (χ0v) is 14.1. The van der Waals surface area contributed by atoms with Crippen LogP contribution < -0.4 is 5.32 Å². The lowest BCUT2D eigenvalue weighted by Gasteiger charge is -2.31. The van der Waals surface area contributed by atoms with Crippen LogP contribution in [-0.4, -0.2) is 53.4 Å². The molecule has 6 nitrogen and oxygen atoms in total. The summed E-state index contributed by atoms with van der Waals surface area (Å²) in [5, 5.41) is 17.7. The zero-order chi connectivity index (χ0) is 16.9. The Balaban J connectivity index is 1.43. The van der Waals surface area contributed by atoms with Crippen molar-refractivity contribution < 1.29 is 14.4 Å². The number of likely N-dealkylation sites (tertiary alicyclic amines) is 1. The van der Waals surface area contributed by atoms with Gasteiger partial charge in [-0.3, -0.25) is 4.79 Å². The van der Waals surface area contributed by atoms with Gasteiger partial charge in [-0.1, -0.05) is 24.2 Å². The van der Waals surface area contributed by atoms with Gasteiger partial charge in [0.05, 0.1) is 12.5 Å². The fraction of sp³-hybridized carbons (Fsp3) is 0.556. The Morgan fingerprint density at radius 3 is 2.96 bits per heavy atom. The summed E-state index contributed by atoms with van der Waals surface area (Å²) < 4.78 is 5.20. The van der Waals surface area contributed by atoms with E-state index in [9.17, 15) is 9.90 Å². The molecule has 1 amide bonds. The number of hydrogen-bond donors (Lipinski definition) is 2. The van der Waals surface area contributed by atoms with Gasteiger partial charge < -0.3 is 19.8 Å². The van der Waals surface area contributed by atoms with E-state index in [1.807, 2.05) is 24.3 Å². The molecule has 2 aromatic rings. The van der Waals surface area contributed by atoms with E-state index in [0.29, 0.717) is 17.8 Å². The lowest BCUT2D eigenvalue weighted by atomic mass is 9.99. The number of benzene rings is 1. The van der Waals surface area contributed by atoms with Gasteiger partial charge in [-0.15, -0.1) is 0 Å². The van der Waals surface area contributed by atoms with Gasteiger partial charge in [0.15, 0.2) is 5.58 Å². The van der Waals surface area contributed by atoms with Crippen molar-refractivity contribution in [2.45, 2.75) is 32.3 Å². The largest absolute Gasteiger partial charge is 0.390 e. The van der Waals surface area contributed by atoms with Gasteiger partial charge >= 0.3 is 0 Å². The highest BCUT2D eigenvalue weighted by Gasteiger charge is 2.19. The SMILES string of the molecule is CC1CCN(CC(O)CNC(=O)Cc2noc3ccccc23)CC1. The molecule has 2 N–H and O–H groups in total. The number of fused-ring (bicyclic) bond motifs is 1. The number of nitrogens with one attached hydrogen (secondary N) is 1. The van der Waals surface area contributed by atoms with Crippen LogP contribution in [0.4, 0.5) is 0 Å². The molecule has 3 rings (SSSR count). The van der Waals surface area contributed by atoms with E-state index in [4.69, 9.17) is 4.52 Å². The average molecular weight is 331 g/mol. The molecule has 1 aliphatic rings. The first-order valence-electron chi connectivity index (χ1n) is 8.62. The molecule has 6 heteroatoms. The molecule has 1 saturated heterocycles. The van der Waals surface area contributed by atoms with Gasteiger partial charge in [0.1, 0.15) is 5.69 Å². The molecule has 1 unspecified atom stereocenters. The Bertz CT molecular complexity index is 677. The van der Waals surface area contributed by atoms with E-state index in [-0.39, 0.29) is 18.9 Å². The fourth-order valence-corrected chi connectivity index (χ4v) is 3.12. The van der Waals surface area contributed by atoms with Crippen molar-refractivity contribution in [3.63, 3.8) is 0 Å². The summed E-state index contributed by atoms with van der Waals surface area (Å²) in [5.74, 6) is 0.621. The Labute approximate surface area is 141 Å². The maximum atomic E-state index is 12.1. The van der Waals surface area contributed by atoms with Crippen molar-refractivity contribution >= 4 is 16.9 Å².